The summed E-state index contributed by atoms with van der Waals surface area (Å²) in [6.45, 7) is 11.1. The van der Waals surface area contributed by atoms with Gasteiger partial charge in [0.1, 0.15) is 5.72 Å². The van der Waals surface area contributed by atoms with Crippen molar-refractivity contribution in [3.05, 3.63) is 12.7 Å². The Balaban J connectivity index is 2.48. The van der Waals surface area contributed by atoms with Gasteiger partial charge in [-0.2, -0.15) is 0 Å². The van der Waals surface area contributed by atoms with Gasteiger partial charge in [-0.1, -0.05) is 13.0 Å². The van der Waals surface area contributed by atoms with Crippen LogP contribution in [0.3, 0.4) is 0 Å². The zero-order valence-corrected chi connectivity index (χ0v) is 8.18. The molecule has 1 unspecified atom stereocenters. The third-order valence-corrected chi connectivity index (χ3v) is 2.64. The van der Waals surface area contributed by atoms with E-state index >= 15 is 0 Å². The minimum Gasteiger partial charge on any atom is -0.359 e. The summed E-state index contributed by atoms with van der Waals surface area (Å²) in [5.74, 6) is 0. The molecule has 0 spiro atoms. The Labute approximate surface area is 75.2 Å². The summed E-state index contributed by atoms with van der Waals surface area (Å²) in [7, 11) is 0. The highest BCUT2D eigenvalue weighted by Crippen LogP contribution is 2.27. The van der Waals surface area contributed by atoms with E-state index in [1.807, 2.05) is 6.08 Å². The number of nitrogens with zero attached hydrogens (tertiary/aromatic N) is 1. The van der Waals surface area contributed by atoms with Gasteiger partial charge in [0.05, 0.1) is 6.61 Å². The molecule has 0 aromatic heterocycles. The van der Waals surface area contributed by atoms with Crippen LogP contribution in [0.15, 0.2) is 12.7 Å². The fourth-order valence-electron chi connectivity index (χ4n) is 1.80. The zero-order valence-electron chi connectivity index (χ0n) is 8.18. The standard InChI is InChI=1S/C10H19NO/c1-4-6-7-10(3)11(5-2)8-9-12-10/h4H,1,5-9H2,2-3H3. The molecule has 12 heavy (non-hydrogen) atoms. The lowest BCUT2D eigenvalue weighted by Crippen LogP contribution is -2.41. The van der Waals surface area contributed by atoms with E-state index in [0.29, 0.717) is 0 Å². The fourth-order valence-corrected chi connectivity index (χ4v) is 1.80. The Bertz CT molecular complexity index is 158. The molecular weight excluding hydrogens is 150 g/mol. The fraction of sp³-hybridized carbons (Fsp3) is 0.800. The Kier molecular flexibility index (Phi) is 3.29. The van der Waals surface area contributed by atoms with Gasteiger partial charge in [-0.05, 0) is 26.3 Å². The third-order valence-electron chi connectivity index (χ3n) is 2.64. The molecule has 0 amide bonds. The maximum Gasteiger partial charge on any atom is 0.119 e. The molecule has 0 radical (unpaired) electrons. The highest BCUT2D eigenvalue weighted by atomic mass is 16.5. The molecule has 70 valence electrons. The van der Waals surface area contributed by atoms with Gasteiger partial charge >= 0.3 is 0 Å². The normalized spacial score (nSPS) is 30.8. The van der Waals surface area contributed by atoms with E-state index in [1.54, 1.807) is 0 Å². The van der Waals surface area contributed by atoms with Crippen molar-refractivity contribution in [1.29, 1.82) is 0 Å². The van der Waals surface area contributed by atoms with Gasteiger partial charge in [0, 0.05) is 6.54 Å². The SMILES string of the molecule is C=CCCC1(C)OCCN1CC. The van der Waals surface area contributed by atoms with E-state index in [2.05, 4.69) is 25.3 Å². The van der Waals surface area contributed by atoms with Gasteiger partial charge in [-0.3, -0.25) is 4.90 Å². The molecular formula is C10H19NO. The van der Waals surface area contributed by atoms with Crippen molar-refractivity contribution < 1.29 is 4.74 Å². The van der Waals surface area contributed by atoms with Crippen molar-refractivity contribution in [3.8, 4) is 0 Å². The smallest absolute Gasteiger partial charge is 0.119 e. The highest BCUT2D eigenvalue weighted by Gasteiger charge is 2.35. The van der Waals surface area contributed by atoms with Crippen molar-refractivity contribution >= 4 is 0 Å². The number of likely N-dealkylation sites (N-methyl/N-ethyl adjacent to an activating group) is 1. The monoisotopic (exact) mass is 169 g/mol. The quantitative estimate of drug-likeness (QED) is 0.597. The van der Waals surface area contributed by atoms with Crippen LogP contribution >= 0.6 is 0 Å². The second-order valence-electron chi connectivity index (χ2n) is 3.43. The summed E-state index contributed by atoms with van der Waals surface area (Å²) in [5, 5.41) is 0. The first kappa shape index (κ1) is 9.75. The molecule has 1 atom stereocenters. The number of hydrogen-bond donors (Lipinski definition) is 0. The molecule has 0 aromatic rings. The van der Waals surface area contributed by atoms with Gasteiger partial charge < -0.3 is 4.74 Å². The van der Waals surface area contributed by atoms with Crippen LogP contribution in [0.4, 0.5) is 0 Å². The van der Waals surface area contributed by atoms with Gasteiger partial charge in [0.25, 0.3) is 0 Å². The lowest BCUT2D eigenvalue weighted by molar-refractivity contribution is -0.0696. The summed E-state index contributed by atoms with van der Waals surface area (Å²) in [6.07, 6.45) is 4.05. The highest BCUT2D eigenvalue weighted by molar-refractivity contribution is 4.84. The number of ether oxygens (including phenoxy) is 1. The second kappa shape index (κ2) is 4.06. The van der Waals surface area contributed by atoms with Gasteiger partial charge in [0.2, 0.25) is 0 Å². The topological polar surface area (TPSA) is 12.5 Å². The Hall–Kier alpha value is -0.340. The minimum absolute atomic E-state index is 0.0249. The molecule has 0 aromatic carbocycles. The number of allylic oxidation sites excluding steroid dienone is 1. The van der Waals surface area contributed by atoms with Crippen LogP contribution in [-0.4, -0.2) is 30.3 Å². The van der Waals surface area contributed by atoms with Crippen molar-refractivity contribution in [3.63, 3.8) is 0 Å². The van der Waals surface area contributed by atoms with Crippen molar-refractivity contribution in [2.75, 3.05) is 19.7 Å². The summed E-state index contributed by atoms with van der Waals surface area (Å²) < 4.78 is 5.72. The molecule has 2 heteroatoms. The first-order valence-electron chi connectivity index (χ1n) is 4.73. The predicted molar refractivity (Wildman–Crippen MR) is 51.0 cm³/mol. The molecule has 1 heterocycles. The summed E-state index contributed by atoms with van der Waals surface area (Å²) in [4.78, 5) is 2.39. The van der Waals surface area contributed by atoms with Gasteiger partial charge in [-0.25, -0.2) is 0 Å². The molecule has 0 N–H and O–H groups in total. The molecule has 1 rings (SSSR count). The molecule has 0 saturated carbocycles. The lowest BCUT2D eigenvalue weighted by atomic mass is 10.1. The number of hydrogen-bond acceptors (Lipinski definition) is 2. The first-order valence-corrected chi connectivity index (χ1v) is 4.73. The third kappa shape index (κ3) is 1.87. The van der Waals surface area contributed by atoms with Crippen LogP contribution in [0.1, 0.15) is 26.7 Å². The molecule has 2 nitrogen and oxygen atoms in total. The summed E-state index contributed by atoms with van der Waals surface area (Å²) in [6, 6.07) is 0. The maximum atomic E-state index is 5.72. The Morgan fingerprint density at radius 2 is 2.42 bits per heavy atom. The van der Waals surface area contributed by atoms with Gasteiger partial charge in [0.15, 0.2) is 0 Å². The van der Waals surface area contributed by atoms with Crippen molar-refractivity contribution in [2.45, 2.75) is 32.4 Å². The van der Waals surface area contributed by atoms with Gasteiger partial charge in [-0.15, -0.1) is 6.58 Å². The zero-order chi connectivity index (χ0) is 9.03. The van der Waals surface area contributed by atoms with E-state index in [0.717, 1.165) is 32.5 Å². The molecule has 1 saturated heterocycles. The minimum atomic E-state index is -0.0249. The van der Waals surface area contributed by atoms with Crippen molar-refractivity contribution in [1.82, 2.24) is 4.90 Å². The summed E-state index contributed by atoms with van der Waals surface area (Å²) >= 11 is 0. The van der Waals surface area contributed by atoms with Crippen LogP contribution in [0.25, 0.3) is 0 Å². The van der Waals surface area contributed by atoms with Crippen LogP contribution in [0.2, 0.25) is 0 Å². The van der Waals surface area contributed by atoms with Crippen LogP contribution in [0.5, 0.6) is 0 Å². The number of rotatable bonds is 4. The molecule has 1 fully saturated rings. The Morgan fingerprint density at radius 1 is 1.67 bits per heavy atom. The van der Waals surface area contributed by atoms with Crippen LogP contribution < -0.4 is 0 Å². The average molecular weight is 169 g/mol. The Morgan fingerprint density at radius 3 is 3.00 bits per heavy atom. The van der Waals surface area contributed by atoms with E-state index in [1.165, 1.54) is 0 Å². The second-order valence-corrected chi connectivity index (χ2v) is 3.43. The van der Waals surface area contributed by atoms with E-state index in [4.69, 9.17) is 4.74 Å². The summed E-state index contributed by atoms with van der Waals surface area (Å²) in [5.41, 5.74) is -0.0249. The average Bonchev–Trinajstić information content (AvgIpc) is 2.44. The van der Waals surface area contributed by atoms with E-state index in [-0.39, 0.29) is 5.72 Å². The lowest BCUT2D eigenvalue weighted by Gasteiger charge is -2.32. The molecule has 0 aliphatic carbocycles. The van der Waals surface area contributed by atoms with Crippen LogP contribution in [-0.2, 0) is 4.74 Å². The maximum absolute atomic E-state index is 5.72. The largest absolute Gasteiger partial charge is 0.359 e. The molecule has 1 aliphatic rings. The molecule has 0 bridgehead atoms. The predicted octanol–water partition coefficient (Wildman–Crippen LogP) is 2.02. The van der Waals surface area contributed by atoms with E-state index < -0.39 is 0 Å². The van der Waals surface area contributed by atoms with Crippen molar-refractivity contribution in [2.24, 2.45) is 0 Å². The first-order chi connectivity index (χ1) is 5.73. The molecule has 1 aliphatic heterocycles. The van der Waals surface area contributed by atoms with E-state index in [9.17, 15) is 0 Å². The van der Waals surface area contributed by atoms with Crippen LogP contribution in [0, 0.1) is 0 Å².